The van der Waals surface area contributed by atoms with Gasteiger partial charge in [0.15, 0.2) is 0 Å². The van der Waals surface area contributed by atoms with Gasteiger partial charge in [-0.25, -0.2) is 5.43 Å². The molecule has 0 heterocycles. The van der Waals surface area contributed by atoms with Crippen LogP contribution in [-0.4, -0.2) is 17.2 Å². The summed E-state index contributed by atoms with van der Waals surface area (Å²) in [6.45, 7) is 0. The maximum absolute atomic E-state index is 11.8. The minimum atomic E-state index is -0.314. The molecule has 0 radical (unpaired) electrons. The van der Waals surface area contributed by atoms with Gasteiger partial charge in [-0.2, -0.15) is 5.10 Å². The summed E-state index contributed by atoms with van der Waals surface area (Å²) >= 11 is 9.83. The summed E-state index contributed by atoms with van der Waals surface area (Å²) in [7, 11) is 0. The predicted octanol–water partition coefficient (Wildman–Crippen LogP) is 4.02. The lowest BCUT2D eigenvalue weighted by Gasteiger charge is -2.02. The van der Waals surface area contributed by atoms with Crippen LogP contribution in [0.4, 0.5) is 0 Å². The van der Waals surface area contributed by atoms with Crippen LogP contribution in [0.1, 0.15) is 15.9 Å². The van der Waals surface area contributed by atoms with E-state index < -0.39 is 0 Å². The molecule has 4 nitrogen and oxygen atoms in total. The average molecular weight is 526 g/mol. The van der Waals surface area contributed by atoms with Gasteiger partial charge in [0.25, 0.3) is 5.91 Å². The third-order valence-electron chi connectivity index (χ3n) is 2.53. The highest BCUT2D eigenvalue weighted by molar-refractivity contribution is 14.1. The van der Waals surface area contributed by atoms with Crippen molar-refractivity contribution >= 4 is 68.9 Å². The van der Waals surface area contributed by atoms with E-state index in [9.17, 15) is 9.90 Å². The molecule has 0 aromatic heterocycles. The minimum Gasteiger partial charge on any atom is -0.506 e. The molecule has 0 unspecified atom stereocenters. The van der Waals surface area contributed by atoms with Crippen LogP contribution in [0.25, 0.3) is 0 Å². The Labute approximate surface area is 153 Å². The first-order valence-electron chi connectivity index (χ1n) is 5.74. The lowest BCUT2D eigenvalue weighted by molar-refractivity contribution is 0.0955. The Morgan fingerprint density at radius 1 is 1.19 bits per heavy atom. The normalized spacial score (nSPS) is 10.8. The number of carbonyl (C=O) groups excluding carboxylic acids is 1. The first-order valence-corrected chi connectivity index (χ1v) is 8.28. The Bertz CT molecular complexity index is 680. The number of nitrogens with zero attached hydrogens (tertiary/aromatic N) is 1. The largest absolute Gasteiger partial charge is 0.506 e. The SMILES string of the molecule is O=C(NN=Cc1cc(I)c(O)c(I)c1)c1ccc(Cl)cc1. The zero-order valence-electron chi connectivity index (χ0n) is 10.5. The van der Waals surface area contributed by atoms with Gasteiger partial charge in [0, 0.05) is 10.6 Å². The third-order valence-corrected chi connectivity index (χ3v) is 4.42. The molecule has 21 heavy (non-hydrogen) atoms. The van der Waals surface area contributed by atoms with Crippen LogP contribution < -0.4 is 5.43 Å². The van der Waals surface area contributed by atoms with Gasteiger partial charge >= 0.3 is 0 Å². The van der Waals surface area contributed by atoms with Crippen molar-refractivity contribution in [3.8, 4) is 5.75 Å². The summed E-state index contributed by atoms with van der Waals surface area (Å²) in [6, 6.07) is 10.1. The fourth-order valence-electron chi connectivity index (χ4n) is 1.49. The molecular weight excluding hydrogens is 517 g/mol. The molecule has 2 N–H and O–H groups in total. The molecule has 2 aromatic carbocycles. The summed E-state index contributed by atoms with van der Waals surface area (Å²) < 4.78 is 1.45. The van der Waals surface area contributed by atoms with Crippen molar-refractivity contribution in [1.29, 1.82) is 0 Å². The van der Waals surface area contributed by atoms with Crippen molar-refractivity contribution in [3.63, 3.8) is 0 Å². The van der Waals surface area contributed by atoms with Crippen LogP contribution in [0.2, 0.25) is 5.02 Å². The molecule has 1 amide bonds. The number of nitrogens with one attached hydrogen (secondary N) is 1. The van der Waals surface area contributed by atoms with Crippen LogP contribution in [0.5, 0.6) is 5.75 Å². The van der Waals surface area contributed by atoms with Crippen molar-refractivity contribution in [2.24, 2.45) is 5.10 Å². The number of hydrogen-bond acceptors (Lipinski definition) is 3. The van der Waals surface area contributed by atoms with E-state index in [2.05, 4.69) is 10.5 Å². The van der Waals surface area contributed by atoms with Gasteiger partial charge in [-0.15, -0.1) is 0 Å². The van der Waals surface area contributed by atoms with E-state index in [1.54, 1.807) is 36.4 Å². The van der Waals surface area contributed by atoms with Crippen molar-refractivity contribution in [2.75, 3.05) is 0 Å². The second kappa shape index (κ2) is 7.41. The van der Waals surface area contributed by atoms with E-state index in [4.69, 9.17) is 11.6 Å². The number of hydrazone groups is 1. The number of phenols is 1. The maximum Gasteiger partial charge on any atom is 0.271 e. The number of hydrogen-bond donors (Lipinski definition) is 2. The van der Waals surface area contributed by atoms with E-state index in [0.717, 1.165) is 12.7 Å². The van der Waals surface area contributed by atoms with Crippen molar-refractivity contribution in [2.45, 2.75) is 0 Å². The minimum absolute atomic E-state index is 0.249. The number of phenolic OH excluding ortho intramolecular Hbond substituents is 1. The molecule has 0 bridgehead atoms. The summed E-state index contributed by atoms with van der Waals surface area (Å²) in [5.74, 6) is -0.0651. The van der Waals surface area contributed by atoms with Gasteiger partial charge in [0.2, 0.25) is 0 Å². The highest BCUT2D eigenvalue weighted by Gasteiger charge is 2.05. The molecule has 0 saturated heterocycles. The summed E-state index contributed by atoms with van der Waals surface area (Å²) in [4.78, 5) is 11.8. The topological polar surface area (TPSA) is 61.7 Å². The van der Waals surface area contributed by atoms with Crippen LogP contribution in [0, 0.1) is 7.14 Å². The van der Waals surface area contributed by atoms with Crippen LogP contribution in [-0.2, 0) is 0 Å². The highest BCUT2D eigenvalue weighted by Crippen LogP contribution is 2.26. The lowest BCUT2D eigenvalue weighted by atomic mass is 10.2. The predicted molar refractivity (Wildman–Crippen MR) is 100 cm³/mol. The molecule has 7 heteroatoms. The molecule has 0 aliphatic carbocycles. The molecule has 2 rings (SSSR count). The van der Waals surface area contributed by atoms with Gasteiger partial charge < -0.3 is 5.11 Å². The number of benzene rings is 2. The summed E-state index contributed by atoms with van der Waals surface area (Å²) in [6.07, 6.45) is 1.53. The monoisotopic (exact) mass is 526 g/mol. The van der Waals surface area contributed by atoms with E-state index in [1.807, 2.05) is 45.2 Å². The van der Waals surface area contributed by atoms with Gasteiger partial charge in [-0.3, -0.25) is 4.79 Å². The average Bonchev–Trinajstić information content (AvgIpc) is 2.45. The van der Waals surface area contributed by atoms with Gasteiger partial charge in [-0.05, 0) is 87.1 Å². The van der Waals surface area contributed by atoms with Crippen molar-refractivity contribution < 1.29 is 9.90 Å². The number of amides is 1. The Balaban J connectivity index is 2.05. The molecule has 0 saturated carbocycles. The summed E-state index contributed by atoms with van der Waals surface area (Å²) in [5.41, 5.74) is 3.71. The maximum atomic E-state index is 11.8. The molecule has 0 fully saturated rings. The second-order valence-electron chi connectivity index (χ2n) is 4.04. The zero-order valence-corrected chi connectivity index (χ0v) is 15.5. The van der Waals surface area contributed by atoms with E-state index in [1.165, 1.54) is 6.21 Å². The fourth-order valence-corrected chi connectivity index (χ4v) is 3.43. The van der Waals surface area contributed by atoms with Crippen LogP contribution in [0.3, 0.4) is 0 Å². The first kappa shape index (κ1) is 16.5. The highest BCUT2D eigenvalue weighted by atomic mass is 127. The Morgan fingerprint density at radius 2 is 1.76 bits per heavy atom. The number of carbonyl (C=O) groups is 1. The number of rotatable bonds is 3. The van der Waals surface area contributed by atoms with E-state index in [-0.39, 0.29) is 11.7 Å². The van der Waals surface area contributed by atoms with E-state index >= 15 is 0 Å². The van der Waals surface area contributed by atoms with Crippen LogP contribution in [0.15, 0.2) is 41.5 Å². The quantitative estimate of drug-likeness (QED) is 0.361. The van der Waals surface area contributed by atoms with E-state index in [0.29, 0.717) is 10.6 Å². The zero-order chi connectivity index (χ0) is 15.4. The number of halogens is 3. The standard InChI is InChI=1S/C14H9ClI2N2O2/c15-10-3-1-9(2-4-10)14(21)19-18-7-8-5-11(16)13(20)12(17)6-8/h1-7,20H,(H,19,21). The lowest BCUT2D eigenvalue weighted by Crippen LogP contribution is -2.17. The molecule has 0 spiro atoms. The van der Waals surface area contributed by atoms with Gasteiger partial charge in [-0.1, -0.05) is 11.6 Å². The molecule has 2 aromatic rings. The van der Waals surface area contributed by atoms with Gasteiger partial charge in [0.05, 0.1) is 13.4 Å². The molecule has 108 valence electrons. The third kappa shape index (κ3) is 4.55. The Kier molecular flexibility index (Phi) is 5.82. The molecule has 0 aliphatic heterocycles. The summed E-state index contributed by atoms with van der Waals surface area (Å²) in [5, 5.41) is 14.2. The number of aromatic hydroxyl groups is 1. The molecular formula is C14H9ClI2N2O2. The van der Waals surface area contributed by atoms with Crippen LogP contribution >= 0.6 is 56.8 Å². The first-order chi connectivity index (χ1) is 9.97. The van der Waals surface area contributed by atoms with Crippen molar-refractivity contribution in [1.82, 2.24) is 5.43 Å². The fraction of sp³-hybridized carbons (Fsp3) is 0. The Morgan fingerprint density at radius 3 is 2.33 bits per heavy atom. The smallest absolute Gasteiger partial charge is 0.271 e. The Hall–Kier alpha value is -0.870. The second-order valence-corrected chi connectivity index (χ2v) is 6.80. The molecule has 0 atom stereocenters. The van der Waals surface area contributed by atoms with Gasteiger partial charge in [0.1, 0.15) is 5.75 Å². The van der Waals surface area contributed by atoms with Crippen molar-refractivity contribution in [3.05, 3.63) is 59.7 Å². The molecule has 0 aliphatic rings.